The Morgan fingerprint density at radius 3 is 2.32 bits per heavy atom. The average Bonchev–Trinajstić information content (AvgIpc) is 3.27. The molecule has 7 heteroatoms. The molecule has 0 atom stereocenters. The molecule has 2 amide bonds. The Balaban J connectivity index is 1.57. The van der Waals surface area contributed by atoms with Gasteiger partial charge in [0, 0.05) is 17.8 Å². The summed E-state index contributed by atoms with van der Waals surface area (Å²) in [6.45, 7) is 0.347. The summed E-state index contributed by atoms with van der Waals surface area (Å²) in [5.41, 5.74) is 2.00. The predicted molar refractivity (Wildman–Crippen MR) is 104 cm³/mol. The molecule has 1 heterocycles. The van der Waals surface area contributed by atoms with Crippen LogP contribution in [0.5, 0.6) is 11.5 Å². The monoisotopic (exact) mass is 380 g/mol. The molecular formula is C21H20N2O5. The molecule has 0 spiro atoms. The van der Waals surface area contributed by atoms with Gasteiger partial charge in [0.1, 0.15) is 0 Å². The van der Waals surface area contributed by atoms with Gasteiger partial charge in [-0.2, -0.15) is 0 Å². The fourth-order valence-corrected chi connectivity index (χ4v) is 2.57. The van der Waals surface area contributed by atoms with E-state index in [2.05, 4.69) is 10.6 Å². The van der Waals surface area contributed by atoms with Gasteiger partial charge in [-0.05, 0) is 48.0 Å². The van der Waals surface area contributed by atoms with Crippen molar-refractivity contribution in [3.63, 3.8) is 0 Å². The normalized spacial score (nSPS) is 10.2. The number of ether oxygens (including phenoxy) is 2. The van der Waals surface area contributed by atoms with Crippen LogP contribution in [0.2, 0.25) is 0 Å². The number of nitrogens with one attached hydrogen (secondary N) is 2. The van der Waals surface area contributed by atoms with Crippen LogP contribution in [0.1, 0.15) is 26.5 Å². The van der Waals surface area contributed by atoms with Gasteiger partial charge in [0.05, 0.1) is 20.5 Å². The summed E-state index contributed by atoms with van der Waals surface area (Å²) in [5, 5.41) is 5.59. The Bertz CT molecular complexity index is 949. The molecule has 0 radical (unpaired) electrons. The topological polar surface area (TPSA) is 89.8 Å². The van der Waals surface area contributed by atoms with E-state index >= 15 is 0 Å². The average molecular weight is 380 g/mol. The molecule has 144 valence electrons. The van der Waals surface area contributed by atoms with Crippen molar-refractivity contribution in [1.29, 1.82) is 0 Å². The smallest absolute Gasteiger partial charge is 0.291 e. The Hall–Kier alpha value is -3.74. The third-order valence-electron chi connectivity index (χ3n) is 4.06. The van der Waals surface area contributed by atoms with Crippen LogP contribution in [-0.2, 0) is 6.54 Å². The van der Waals surface area contributed by atoms with Crippen LogP contribution in [0, 0.1) is 0 Å². The third kappa shape index (κ3) is 4.50. The first kappa shape index (κ1) is 19.0. The van der Waals surface area contributed by atoms with Crippen molar-refractivity contribution in [2.45, 2.75) is 6.54 Å². The molecular weight excluding hydrogens is 360 g/mol. The summed E-state index contributed by atoms with van der Waals surface area (Å²) in [6, 6.07) is 15.4. The number of methoxy groups -OCH3 is 2. The van der Waals surface area contributed by atoms with Gasteiger partial charge in [-0.1, -0.05) is 12.1 Å². The summed E-state index contributed by atoms with van der Waals surface area (Å²) < 4.78 is 15.4. The number of benzene rings is 2. The molecule has 0 bridgehead atoms. The van der Waals surface area contributed by atoms with Crippen LogP contribution >= 0.6 is 0 Å². The van der Waals surface area contributed by atoms with Crippen molar-refractivity contribution in [2.75, 3.05) is 19.5 Å². The highest BCUT2D eigenvalue weighted by Crippen LogP contribution is 2.27. The second-order valence-electron chi connectivity index (χ2n) is 5.88. The minimum atomic E-state index is -0.320. The number of rotatable bonds is 7. The van der Waals surface area contributed by atoms with Crippen molar-refractivity contribution in [2.24, 2.45) is 0 Å². The Labute approximate surface area is 162 Å². The van der Waals surface area contributed by atoms with Gasteiger partial charge in [0.15, 0.2) is 17.3 Å². The van der Waals surface area contributed by atoms with Gasteiger partial charge < -0.3 is 24.5 Å². The molecule has 7 nitrogen and oxygen atoms in total. The molecule has 3 aromatic rings. The van der Waals surface area contributed by atoms with E-state index in [-0.39, 0.29) is 17.6 Å². The lowest BCUT2D eigenvalue weighted by atomic mass is 10.1. The number of amides is 2. The van der Waals surface area contributed by atoms with Crippen molar-refractivity contribution in [1.82, 2.24) is 5.32 Å². The summed E-state index contributed by atoms with van der Waals surface area (Å²) in [7, 11) is 3.06. The third-order valence-corrected chi connectivity index (χ3v) is 4.06. The Morgan fingerprint density at radius 1 is 0.929 bits per heavy atom. The molecule has 2 aromatic carbocycles. The summed E-state index contributed by atoms with van der Waals surface area (Å²) >= 11 is 0. The second kappa shape index (κ2) is 8.77. The van der Waals surface area contributed by atoms with Gasteiger partial charge in [-0.25, -0.2) is 0 Å². The zero-order valence-electron chi connectivity index (χ0n) is 15.5. The van der Waals surface area contributed by atoms with E-state index in [1.807, 2.05) is 12.1 Å². The molecule has 0 unspecified atom stereocenters. The fourth-order valence-electron chi connectivity index (χ4n) is 2.57. The zero-order chi connectivity index (χ0) is 19.9. The highest BCUT2D eigenvalue weighted by Gasteiger charge is 2.11. The van der Waals surface area contributed by atoms with Crippen LogP contribution in [-0.4, -0.2) is 26.0 Å². The van der Waals surface area contributed by atoms with Crippen molar-refractivity contribution < 1.29 is 23.5 Å². The van der Waals surface area contributed by atoms with E-state index in [4.69, 9.17) is 13.9 Å². The number of anilines is 1. The Kier molecular flexibility index (Phi) is 5.96. The van der Waals surface area contributed by atoms with Gasteiger partial charge in [0.25, 0.3) is 11.8 Å². The largest absolute Gasteiger partial charge is 0.493 e. The van der Waals surface area contributed by atoms with Gasteiger partial charge in [-0.15, -0.1) is 0 Å². The standard InChI is InChI=1S/C21H20N2O5/c1-26-17-10-7-15(12-19(17)27-2)20(24)22-13-14-5-8-16(9-6-14)23-21(25)18-4-3-11-28-18/h3-12H,13H2,1-2H3,(H,22,24)(H,23,25). The first-order chi connectivity index (χ1) is 13.6. The number of carbonyl (C=O) groups excluding carboxylic acids is 2. The summed E-state index contributed by atoms with van der Waals surface area (Å²) in [5.74, 6) is 0.750. The minimum absolute atomic E-state index is 0.226. The molecule has 0 fully saturated rings. The number of carbonyl (C=O) groups is 2. The minimum Gasteiger partial charge on any atom is -0.493 e. The van der Waals surface area contributed by atoms with Crippen LogP contribution in [0.15, 0.2) is 65.3 Å². The van der Waals surface area contributed by atoms with Crippen molar-refractivity contribution >= 4 is 17.5 Å². The number of hydrogen-bond acceptors (Lipinski definition) is 5. The molecule has 1 aromatic heterocycles. The highest BCUT2D eigenvalue weighted by molar-refractivity contribution is 6.02. The molecule has 0 aliphatic carbocycles. The molecule has 0 saturated carbocycles. The van der Waals surface area contributed by atoms with Gasteiger partial charge >= 0.3 is 0 Å². The van der Waals surface area contributed by atoms with E-state index in [1.165, 1.54) is 20.5 Å². The fraction of sp³-hybridized carbons (Fsp3) is 0.143. The molecule has 0 saturated heterocycles. The SMILES string of the molecule is COc1ccc(C(=O)NCc2ccc(NC(=O)c3ccco3)cc2)cc1OC. The molecule has 0 aliphatic heterocycles. The van der Waals surface area contributed by atoms with Crippen LogP contribution in [0.3, 0.4) is 0 Å². The molecule has 0 aliphatic rings. The van der Waals surface area contributed by atoms with E-state index in [9.17, 15) is 9.59 Å². The quantitative estimate of drug-likeness (QED) is 0.655. The van der Waals surface area contributed by atoms with E-state index in [0.717, 1.165) is 5.56 Å². The molecule has 3 rings (SSSR count). The lowest BCUT2D eigenvalue weighted by Crippen LogP contribution is -2.22. The van der Waals surface area contributed by atoms with Gasteiger partial charge in [0.2, 0.25) is 0 Å². The Morgan fingerprint density at radius 2 is 1.68 bits per heavy atom. The van der Waals surface area contributed by atoms with Crippen LogP contribution in [0.25, 0.3) is 0 Å². The second-order valence-corrected chi connectivity index (χ2v) is 5.88. The maximum absolute atomic E-state index is 12.4. The van der Waals surface area contributed by atoms with E-state index < -0.39 is 0 Å². The first-order valence-corrected chi connectivity index (χ1v) is 8.54. The number of furan rings is 1. The zero-order valence-corrected chi connectivity index (χ0v) is 15.5. The lowest BCUT2D eigenvalue weighted by molar-refractivity contribution is 0.0949. The van der Waals surface area contributed by atoms with E-state index in [1.54, 1.807) is 42.5 Å². The molecule has 2 N–H and O–H groups in total. The van der Waals surface area contributed by atoms with E-state index in [0.29, 0.717) is 29.3 Å². The first-order valence-electron chi connectivity index (χ1n) is 8.54. The van der Waals surface area contributed by atoms with Gasteiger partial charge in [-0.3, -0.25) is 9.59 Å². The maximum Gasteiger partial charge on any atom is 0.291 e. The van der Waals surface area contributed by atoms with Crippen molar-refractivity contribution in [3.05, 3.63) is 77.7 Å². The lowest BCUT2D eigenvalue weighted by Gasteiger charge is -2.10. The summed E-state index contributed by atoms with van der Waals surface area (Å²) in [4.78, 5) is 24.3. The van der Waals surface area contributed by atoms with Crippen molar-refractivity contribution in [3.8, 4) is 11.5 Å². The summed E-state index contributed by atoms with van der Waals surface area (Å²) in [6.07, 6.45) is 1.44. The highest BCUT2D eigenvalue weighted by atomic mass is 16.5. The predicted octanol–water partition coefficient (Wildman–Crippen LogP) is 3.48. The van der Waals surface area contributed by atoms with Crippen LogP contribution < -0.4 is 20.1 Å². The van der Waals surface area contributed by atoms with Crippen LogP contribution in [0.4, 0.5) is 5.69 Å². The molecule has 28 heavy (non-hydrogen) atoms. The number of hydrogen-bond donors (Lipinski definition) is 2. The maximum atomic E-state index is 12.4.